The third-order valence-electron chi connectivity index (χ3n) is 4.51. The number of anilines is 1. The smallest absolute Gasteiger partial charge is 0.357 e. The molecule has 0 amide bonds. The molecule has 0 unspecified atom stereocenters. The van der Waals surface area contributed by atoms with Gasteiger partial charge in [0.25, 0.3) is 0 Å². The molecule has 0 bridgehead atoms. The molecule has 1 fully saturated rings. The molecule has 1 saturated heterocycles. The SMILES string of the molecule is O=S(=O)(NCc1ccnc(N2CCCCC2)c1)c1ccc(Cl)c(C(F)(F)F)c1. The van der Waals surface area contributed by atoms with Gasteiger partial charge in [0.1, 0.15) is 5.82 Å². The summed E-state index contributed by atoms with van der Waals surface area (Å²) in [5.74, 6) is 0.766. The van der Waals surface area contributed by atoms with E-state index in [9.17, 15) is 21.6 Å². The minimum atomic E-state index is -4.74. The van der Waals surface area contributed by atoms with Crippen LogP contribution in [0.5, 0.6) is 0 Å². The topological polar surface area (TPSA) is 62.3 Å². The van der Waals surface area contributed by atoms with Crippen LogP contribution in [-0.2, 0) is 22.7 Å². The van der Waals surface area contributed by atoms with Gasteiger partial charge in [0.05, 0.1) is 15.5 Å². The first kappa shape index (κ1) is 20.9. The first-order valence-electron chi connectivity index (χ1n) is 8.73. The number of hydrogen-bond acceptors (Lipinski definition) is 4. The number of nitrogens with one attached hydrogen (secondary N) is 1. The summed E-state index contributed by atoms with van der Waals surface area (Å²) >= 11 is 5.55. The third kappa shape index (κ3) is 4.95. The second-order valence-electron chi connectivity index (χ2n) is 6.53. The zero-order valence-electron chi connectivity index (χ0n) is 14.8. The molecule has 3 rings (SSSR count). The van der Waals surface area contributed by atoms with Crippen LogP contribution in [0.3, 0.4) is 0 Å². The van der Waals surface area contributed by atoms with Crippen LogP contribution in [0.25, 0.3) is 0 Å². The number of aromatic nitrogens is 1. The molecule has 0 saturated carbocycles. The standard InChI is InChI=1S/C18H19ClF3N3O2S/c19-16-5-4-14(11-15(16)18(20,21)22)28(26,27)24-12-13-6-7-23-17(10-13)25-8-2-1-3-9-25/h4-7,10-11,24H,1-3,8-9,12H2. The second kappa shape index (κ2) is 8.26. The maximum atomic E-state index is 13.0. The van der Waals surface area contributed by atoms with E-state index < -0.39 is 31.7 Å². The number of halogens is 4. The summed E-state index contributed by atoms with van der Waals surface area (Å²) in [6, 6.07) is 5.97. The molecule has 1 aliphatic heterocycles. The number of pyridine rings is 1. The molecule has 0 spiro atoms. The summed E-state index contributed by atoms with van der Waals surface area (Å²) in [6.07, 6.45) is 0.193. The van der Waals surface area contributed by atoms with Crippen LogP contribution in [0, 0.1) is 0 Å². The van der Waals surface area contributed by atoms with Gasteiger partial charge >= 0.3 is 6.18 Å². The van der Waals surface area contributed by atoms with Crippen LogP contribution in [0.15, 0.2) is 41.4 Å². The molecule has 10 heteroatoms. The normalized spacial score (nSPS) is 15.6. The average Bonchev–Trinajstić information content (AvgIpc) is 2.67. The van der Waals surface area contributed by atoms with Gasteiger partial charge < -0.3 is 4.90 Å². The Morgan fingerprint density at radius 3 is 2.50 bits per heavy atom. The van der Waals surface area contributed by atoms with E-state index in [1.54, 1.807) is 18.3 Å². The Morgan fingerprint density at radius 1 is 1.11 bits per heavy atom. The van der Waals surface area contributed by atoms with Gasteiger partial charge in [-0.15, -0.1) is 0 Å². The van der Waals surface area contributed by atoms with Gasteiger partial charge in [-0.2, -0.15) is 13.2 Å². The van der Waals surface area contributed by atoms with Crippen molar-refractivity contribution in [1.29, 1.82) is 0 Å². The fraction of sp³-hybridized carbons (Fsp3) is 0.389. The zero-order valence-corrected chi connectivity index (χ0v) is 16.4. The first-order chi connectivity index (χ1) is 13.2. The number of hydrogen-bond donors (Lipinski definition) is 1. The summed E-state index contributed by atoms with van der Waals surface area (Å²) in [5.41, 5.74) is -0.516. The number of piperidine rings is 1. The molecule has 0 aliphatic carbocycles. The highest BCUT2D eigenvalue weighted by Crippen LogP contribution is 2.35. The Bertz CT molecular complexity index is 945. The minimum absolute atomic E-state index is 0.0599. The first-order valence-corrected chi connectivity index (χ1v) is 10.6. The number of benzene rings is 1. The molecule has 28 heavy (non-hydrogen) atoms. The van der Waals surface area contributed by atoms with Crippen LogP contribution in [0.4, 0.5) is 19.0 Å². The summed E-state index contributed by atoms with van der Waals surface area (Å²) in [4.78, 5) is 5.97. The van der Waals surface area contributed by atoms with Crippen molar-refractivity contribution in [3.63, 3.8) is 0 Å². The summed E-state index contributed by atoms with van der Waals surface area (Å²) < 4.78 is 66.1. The quantitative estimate of drug-likeness (QED) is 0.766. The molecular formula is C18H19ClF3N3O2S. The molecular weight excluding hydrogens is 415 g/mol. The summed E-state index contributed by atoms with van der Waals surface area (Å²) in [7, 11) is -4.14. The van der Waals surface area contributed by atoms with E-state index in [0.29, 0.717) is 11.6 Å². The monoisotopic (exact) mass is 433 g/mol. The maximum absolute atomic E-state index is 13.0. The van der Waals surface area contributed by atoms with Gasteiger partial charge in [0.2, 0.25) is 10.0 Å². The van der Waals surface area contributed by atoms with Crippen LogP contribution < -0.4 is 9.62 Å². The molecule has 1 N–H and O–H groups in total. The zero-order chi connectivity index (χ0) is 20.4. The predicted molar refractivity (Wildman–Crippen MR) is 101 cm³/mol. The van der Waals surface area contributed by atoms with Crippen LogP contribution in [0.2, 0.25) is 5.02 Å². The molecule has 0 atom stereocenters. The third-order valence-corrected chi connectivity index (χ3v) is 6.24. The molecule has 1 aromatic heterocycles. The fourth-order valence-electron chi connectivity index (χ4n) is 3.02. The van der Waals surface area contributed by atoms with Crippen molar-refractivity contribution in [3.8, 4) is 0 Å². The molecule has 2 heterocycles. The van der Waals surface area contributed by atoms with E-state index in [1.165, 1.54) is 6.42 Å². The van der Waals surface area contributed by atoms with Crippen molar-refractivity contribution in [2.24, 2.45) is 0 Å². The van der Waals surface area contributed by atoms with Crippen molar-refractivity contribution < 1.29 is 21.6 Å². The molecule has 0 radical (unpaired) electrons. The molecule has 5 nitrogen and oxygen atoms in total. The lowest BCUT2D eigenvalue weighted by Gasteiger charge is -2.27. The Kier molecular flexibility index (Phi) is 6.16. The highest BCUT2D eigenvalue weighted by Gasteiger charge is 2.34. The lowest BCUT2D eigenvalue weighted by Crippen LogP contribution is -2.30. The second-order valence-corrected chi connectivity index (χ2v) is 8.71. The van der Waals surface area contributed by atoms with E-state index in [2.05, 4.69) is 14.6 Å². The highest BCUT2D eigenvalue weighted by molar-refractivity contribution is 7.89. The van der Waals surface area contributed by atoms with Gasteiger partial charge in [-0.1, -0.05) is 11.6 Å². The van der Waals surface area contributed by atoms with E-state index in [0.717, 1.165) is 43.9 Å². The van der Waals surface area contributed by atoms with Gasteiger partial charge in [-0.3, -0.25) is 0 Å². The van der Waals surface area contributed by atoms with E-state index in [1.807, 2.05) is 0 Å². The Balaban J connectivity index is 1.75. The number of nitrogens with zero attached hydrogens (tertiary/aromatic N) is 2. The van der Waals surface area contributed by atoms with Crippen molar-refractivity contribution >= 4 is 27.4 Å². The van der Waals surface area contributed by atoms with E-state index >= 15 is 0 Å². The molecule has 1 aliphatic rings. The number of alkyl halides is 3. The highest BCUT2D eigenvalue weighted by atomic mass is 35.5. The Hall–Kier alpha value is -1.84. The summed E-state index contributed by atoms with van der Waals surface area (Å²) in [6.45, 7) is 1.73. The Morgan fingerprint density at radius 2 is 1.82 bits per heavy atom. The van der Waals surface area contributed by atoms with Crippen molar-refractivity contribution in [3.05, 3.63) is 52.7 Å². The van der Waals surface area contributed by atoms with E-state index in [4.69, 9.17) is 11.6 Å². The van der Waals surface area contributed by atoms with Gasteiger partial charge in [0, 0.05) is 25.8 Å². The van der Waals surface area contributed by atoms with E-state index in [-0.39, 0.29) is 6.54 Å². The minimum Gasteiger partial charge on any atom is -0.357 e. The van der Waals surface area contributed by atoms with Gasteiger partial charge in [-0.05, 0) is 55.2 Å². The lowest BCUT2D eigenvalue weighted by molar-refractivity contribution is -0.137. The Labute approximate surface area is 166 Å². The van der Waals surface area contributed by atoms with Crippen LogP contribution in [0.1, 0.15) is 30.4 Å². The molecule has 1 aromatic carbocycles. The fourth-order valence-corrected chi connectivity index (χ4v) is 4.29. The maximum Gasteiger partial charge on any atom is 0.417 e. The van der Waals surface area contributed by atoms with Crippen LogP contribution in [-0.4, -0.2) is 26.5 Å². The lowest BCUT2D eigenvalue weighted by atomic mass is 10.1. The predicted octanol–water partition coefficient (Wildman–Crippen LogP) is 4.22. The van der Waals surface area contributed by atoms with Crippen molar-refractivity contribution in [1.82, 2.24) is 9.71 Å². The van der Waals surface area contributed by atoms with Gasteiger partial charge in [-0.25, -0.2) is 18.1 Å². The largest absolute Gasteiger partial charge is 0.417 e. The molecule has 2 aromatic rings. The number of rotatable bonds is 5. The molecule has 152 valence electrons. The van der Waals surface area contributed by atoms with Gasteiger partial charge in [0.15, 0.2) is 0 Å². The van der Waals surface area contributed by atoms with Crippen molar-refractivity contribution in [2.45, 2.75) is 36.9 Å². The van der Waals surface area contributed by atoms with Crippen molar-refractivity contribution in [2.75, 3.05) is 18.0 Å². The van der Waals surface area contributed by atoms with Crippen LogP contribution >= 0.6 is 11.6 Å². The average molecular weight is 434 g/mol. The summed E-state index contributed by atoms with van der Waals surface area (Å²) in [5, 5.41) is -0.549. The number of sulfonamides is 1.